The maximum absolute atomic E-state index is 13.4. The van der Waals surface area contributed by atoms with E-state index in [2.05, 4.69) is 0 Å². The lowest BCUT2D eigenvalue weighted by Gasteiger charge is -2.36. The van der Waals surface area contributed by atoms with E-state index in [1.54, 1.807) is 11.8 Å². The molecule has 1 fully saturated rings. The van der Waals surface area contributed by atoms with Crippen LogP contribution in [0.25, 0.3) is 11.0 Å². The van der Waals surface area contributed by atoms with Gasteiger partial charge in [0.2, 0.25) is 5.91 Å². The quantitative estimate of drug-likeness (QED) is 0.924. The molecule has 0 unspecified atom stereocenters. The van der Waals surface area contributed by atoms with E-state index < -0.39 is 5.91 Å². The fraction of sp³-hybridized carbons (Fsp3) is 0.412. The summed E-state index contributed by atoms with van der Waals surface area (Å²) in [7, 11) is 0. The predicted molar refractivity (Wildman–Crippen MR) is 83.3 cm³/mol. The van der Waals surface area contributed by atoms with E-state index in [9.17, 15) is 14.0 Å². The van der Waals surface area contributed by atoms with Crippen LogP contribution < -0.4 is 5.73 Å². The first-order valence-electron chi connectivity index (χ1n) is 7.67. The van der Waals surface area contributed by atoms with Crippen LogP contribution in [0, 0.1) is 18.7 Å². The maximum Gasteiger partial charge on any atom is 0.290 e. The molecule has 23 heavy (non-hydrogen) atoms. The summed E-state index contributed by atoms with van der Waals surface area (Å²) >= 11 is 0. The number of benzene rings is 1. The summed E-state index contributed by atoms with van der Waals surface area (Å²) in [5.41, 5.74) is 6.46. The molecule has 1 saturated heterocycles. The highest BCUT2D eigenvalue weighted by Crippen LogP contribution is 2.29. The first-order chi connectivity index (χ1) is 10.9. The second-order valence-corrected chi connectivity index (χ2v) is 6.18. The van der Waals surface area contributed by atoms with Crippen LogP contribution in [0.3, 0.4) is 0 Å². The molecule has 2 amide bonds. The Kier molecular flexibility index (Phi) is 3.83. The summed E-state index contributed by atoms with van der Waals surface area (Å²) in [6, 6.07) is 4.17. The lowest BCUT2D eigenvalue weighted by molar-refractivity contribution is -0.123. The molecule has 122 valence electrons. The minimum Gasteiger partial charge on any atom is -0.451 e. The SMILES string of the molecule is Cc1c(C(=O)N2C[C@H](C(N)=O)CC[C@@H]2C)oc2ccc(F)cc12. The third-order valence-electron chi connectivity index (χ3n) is 4.64. The van der Waals surface area contributed by atoms with E-state index in [0.717, 1.165) is 0 Å². The van der Waals surface area contributed by atoms with Crippen LogP contribution in [0.1, 0.15) is 35.9 Å². The summed E-state index contributed by atoms with van der Waals surface area (Å²) in [6.07, 6.45) is 1.40. The first-order valence-corrected chi connectivity index (χ1v) is 7.67. The third-order valence-corrected chi connectivity index (χ3v) is 4.64. The zero-order valence-corrected chi connectivity index (χ0v) is 13.1. The highest BCUT2D eigenvalue weighted by Gasteiger charge is 2.34. The summed E-state index contributed by atoms with van der Waals surface area (Å²) in [5, 5.41) is 0.587. The van der Waals surface area contributed by atoms with Gasteiger partial charge in [-0.3, -0.25) is 9.59 Å². The Bertz CT molecular complexity index is 783. The molecule has 1 aromatic carbocycles. The van der Waals surface area contributed by atoms with Gasteiger partial charge in [0, 0.05) is 23.5 Å². The second-order valence-electron chi connectivity index (χ2n) is 6.18. The number of fused-ring (bicyclic) bond motifs is 1. The van der Waals surface area contributed by atoms with Gasteiger partial charge in [0.05, 0.1) is 5.92 Å². The van der Waals surface area contributed by atoms with Crippen molar-refractivity contribution in [1.29, 1.82) is 0 Å². The van der Waals surface area contributed by atoms with Crippen LogP contribution in [-0.2, 0) is 4.79 Å². The maximum atomic E-state index is 13.4. The number of halogens is 1. The van der Waals surface area contributed by atoms with Gasteiger partial charge in [0.1, 0.15) is 11.4 Å². The largest absolute Gasteiger partial charge is 0.451 e. The molecule has 1 aliphatic rings. The number of furan rings is 1. The molecule has 0 saturated carbocycles. The molecule has 0 radical (unpaired) electrons. The molecular weight excluding hydrogens is 299 g/mol. The second kappa shape index (κ2) is 5.68. The lowest BCUT2D eigenvalue weighted by atomic mass is 9.92. The summed E-state index contributed by atoms with van der Waals surface area (Å²) in [6.45, 7) is 3.96. The highest BCUT2D eigenvalue weighted by molar-refractivity contribution is 5.99. The van der Waals surface area contributed by atoms with E-state index >= 15 is 0 Å². The molecule has 3 rings (SSSR count). The number of carbonyl (C=O) groups excluding carboxylic acids is 2. The van der Waals surface area contributed by atoms with Crippen molar-refractivity contribution in [3.8, 4) is 0 Å². The molecular formula is C17H19FN2O3. The van der Waals surface area contributed by atoms with E-state index in [0.29, 0.717) is 35.9 Å². The van der Waals surface area contributed by atoms with E-state index in [-0.39, 0.29) is 29.4 Å². The number of nitrogens with two attached hydrogens (primary N) is 1. The van der Waals surface area contributed by atoms with E-state index in [1.807, 2.05) is 6.92 Å². The zero-order valence-electron chi connectivity index (χ0n) is 13.1. The van der Waals surface area contributed by atoms with Crippen LogP contribution in [0.2, 0.25) is 0 Å². The average molecular weight is 318 g/mol. The van der Waals surface area contributed by atoms with Crippen molar-refractivity contribution >= 4 is 22.8 Å². The summed E-state index contributed by atoms with van der Waals surface area (Å²) in [5.74, 6) is -1.18. The van der Waals surface area contributed by atoms with Crippen LogP contribution >= 0.6 is 0 Å². The number of aryl methyl sites for hydroxylation is 1. The van der Waals surface area contributed by atoms with Crippen molar-refractivity contribution in [2.45, 2.75) is 32.7 Å². The van der Waals surface area contributed by atoms with Crippen LogP contribution in [-0.4, -0.2) is 29.3 Å². The molecule has 6 heteroatoms. The fourth-order valence-corrected chi connectivity index (χ4v) is 3.15. The predicted octanol–water partition coefficient (Wildman–Crippen LogP) is 2.61. The Labute approximate surface area is 133 Å². The minimum atomic E-state index is -0.391. The van der Waals surface area contributed by atoms with Crippen LogP contribution in [0.5, 0.6) is 0 Å². The molecule has 2 aromatic rings. The van der Waals surface area contributed by atoms with Gasteiger partial charge in [-0.1, -0.05) is 0 Å². The Hall–Kier alpha value is -2.37. The molecule has 1 aliphatic heterocycles. The van der Waals surface area contributed by atoms with Gasteiger partial charge in [-0.25, -0.2) is 4.39 Å². The number of nitrogens with zero attached hydrogens (tertiary/aromatic N) is 1. The normalized spacial score (nSPS) is 21.6. The van der Waals surface area contributed by atoms with Crippen molar-refractivity contribution in [2.75, 3.05) is 6.54 Å². The molecule has 1 aromatic heterocycles. The number of piperidine rings is 1. The molecule has 0 bridgehead atoms. The molecule has 0 aliphatic carbocycles. The number of amides is 2. The van der Waals surface area contributed by atoms with Crippen LogP contribution in [0.15, 0.2) is 22.6 Å². The molecule has 2 atom stereocenters. The molecule has 5 nitrogen and oxygen atoms in total. The number of carbonyl (C=O) groups is 2. The van der Waals surface area contributed by atoms with Gasteiger partial charge in [-0.05, 0) is 44.9 Å². The number of primary amides is 1. The minimum absolute atomic E-state index is 0.00227. The van der Waals surface area contributed by atoms with Gasteiger partial charge in [0.25, 0.3) is 5.91 Å². The Balaban J connectivity index is 1.96. The lowest BCUT2D eigenvalue weighted by Crippen LogP contribution is -2.48. The topological polar surface area (TPSA) is 76.5 Å². The number of rotatable bonds is 2. The Morgan fingerprint density at radius 2 is 2.09 bits per heavy atom. The first kappa shape index (κ1) is 15.5. The van der Waals surface area contributed by atoms with Gasteiger partial charge in [-0.2, -0.15) is 0 Å². The fourth-order valence-electron chi connectivity index (χ4n) is 3.15. The van der Waals surface area contributed by atoms with Crippen molar-refractivity contribution in [3.05, 3.63) is 35.3 Å². The number of hydrogen-bond acceptors (Lipinski definition) is 3. The average Bonchev–Trinajstić information content (AvgIpc) is 2.83. The Morgan fingerprint density at radius 3 is 2.78 bits per heavy atom. The van der Waals surface area contributed by atoms with Gasteiger partial charge < -0.3 is 15.1 Å². The third kappa shape index (κ3) is 2.69. The zero-order chi connectivity index (χ0) is 16.7. The van der Waals surface area contributed by atoms with Crippen LogP contribution in [0.4, 0.5) is 4.39 Å². The van der Waals surface area contributed by atoms with E-state index in [1.165, 1.54) is 18.2 Å². The summed E-state index contributed by atoms with van der Waals surface area (Å²) < 4.78 is 19.0. The Morgan fingerprint density at radius 1 is 1.35 bits per heavy atom. The number of hydrogen-bond donors (Lipinski definition) is 1. The van der Waals surface area contributed by atoms with Gasteiger partial charge in [0.15, 0.2) is 5.76 Å². The van der Waals surface area contributed by atoms with Gasteiger partial charge >= 0.3 is 0 Å². The smallest absolute Gasteiger partial charge is 0.290 e. The molecule has 2 heterocycles. The number of likely N-dealkylation sites (tertiary alicyclic amines) is 1. The van der Waals surface area contributed by atoms with Gasteiger partial charge in [-0.15, -0.1) is 0 Å². The van der Waals surface area contributed by atoms with Crippen molar-refractivity contribution in [1.82, 2.24) is 4.90 Å². The highest BCUT2D eigenvalue weighted by atomic mass is 19.1. The molecule has 2 N–H and O–H groups in total. The monoisotopic (exact) mass is 318 g/mol. The molecule has 0 spiro atoms. The van der Waals surface area contributed by atoms with Crippen molar-refractivity contribution in [2.24, 2.45) is 11.7 Å². The standard InChI is InChI=1S/C17H19FN2O3/c1-9-3-4-11(16(19)21)8-20(9)17(22)15-10(2)13-7-12(18)5-6-14(13)23-15/h5-7,9,11H,3-4,8H2,1-2H3,(H2,19,21)/t9-,11+/m0/s1. The van der Waals surface area contributed by atoms with E-state index in [4.69, 9.17) is 10.2 Å². The van der Waals surface area contributed by atoms with Crippen molar-refractivity contribution < 1.29 is 18.4 Å². The van der Waals surface area contributed by atoms with Crippen molar-refractivity contribution in [3.63, 3.8) is 0 Å². The summed E-state index contributed by atoms with van der Waals surface area (Å²) in [4.78, 5) is 25.9.